The molecule has 0 bridgehead atoms. The first kappa shape index (κ1) is 12.8. The Bertz CT molecular complexity index is 146. The maximum absolute atomic E-state index is 11.5. The van der Waals surface area contributed by atoms with Crippen molar-refractivity contribution in [2.75, 3.05) is 18.6 Å². The second-order valence-corrected chi connectivity index (χ2v) is 4.37. The zero-order valence-electron chi connectivity index (χ0n) is 9.00. The monoisotopic (exact) mass is 204 g/mol. The lowest BCUT2D eigenvalue weighted by Gasteiger charge is -2.18. The molecule has 0 saturated carbocycles. The Hall–Kier alpha value is -0.180. The molecule has 0 fully saturated rings. The van der Waals surface area contributed by atoms with E-state index in [-0.39, 0.29) is 11.9 Å². The van der Waals surface area contributed by atoms with Crippen LogP contribution in [-0.2, 0) is 9.53 Å². The van der Waals surface area contributed by atoms with Gasteiger partial charge in [0.1, 0.15) is 0 Å². The minimum absolute atomic E-state index is 0.0356. The van der Waals surface area contributed by atoms with Crippen molar-refractivity contribution in [1.82, 2.24) is 0 Å². The van der Waals surface area contributed by atoms with Crippen LogP contribution in [0.4, 0.5) is 0 Å². The maximum atomic E-state index is 11.5. The summed E-state index contributed by atoms with van der Waals surface area (Å²) >= 11 is 1.78. The lowest BCUT2D eigenvalue weighted by Crippen LogP contribution is -2.23. The highest BCUT2D eigenvalue weighted by atomic mass is 32.2. The molecule has 2 nitrogen and oxygen atoms in total. The van der Waals surface area contributed by atoms with E-state index < -0.39 is 0 Å². The van der Waals surface area contributed by atoms with Gasteiger partial charge in [-0.1, -0.05) is 13.8 Å². The molecule has 0 heterocycles. The second-order valence-electron chi connectivity index (χ2n) is 3.38. The molecule has 0 saturated heterocycles. The molecule has 3 heteroatoms. The largest absolute Gasteiger partial charge is 0.466 e. The van der Waals surface area contributed by atoms with E-state index in [0.29, 0.717) is 12.5 Å². The zero-order chi connectivity index (χ0) is 10.3. The van der Waals surface area contributed by atoms with Gasteiger partial charge in [-0.15, -0.1) is 0 Å². The molecule has 0 aromatic heterocycles. The fourth-order valence-corrected chi connectivity index (χ4v) is 1.71. The zero-order valence-corrected chi connectivity index (χ0v) is 9.82. The third-order valence-corrected chi connectivity index (χ3v) is 2.67. The van der Waals surface area contributed by atoms with E-state index in [1.54, 1.807) is 11.8 Å². The number of rotatable bonds is 6. The van der Waals surface area contributed by atoms with E-state index in [1.165, 1.54) is 0 Å². The van der Waals surface area contributed by atoms with Crippen LogP contribution in [0.15, 0.2) is 0 Å². The number of esters is 1. The number of carbonyl (C=O) groups excluding carboxylic acids is 1. The average Bonchev–Trinajstić information content (AvgIpc) is 2.05. The van der Waals surface area contributed by atoms with Gasteiger partial charge >= 0.3 is 5.97 Å². The van der Waals surface area contributed by atoms with Crippen LogP contribution in [0.25, 0.3) is 0 Å². The molecule has 0 aliphatic rings. The standard InChI is InChI=1S/C10H20O2S/c1-5-12-10(11)9(8(2)3)6-7-13-4/h8-9H,5-7H2,1-4H3. The molecule has 0 spiro atoms. The molecular formula is C10H20O2S. The van der Waals surface area contributed by atoms with Crippen LogP contribution in [0.3, 0.4) is 0 Å². The van der Waals surface area contributed by atoms with Crippen molar-refractivity contribution in [2.45, 2.75) is 27.2 Å². The Balaban J connectivity index is 3.99. The molecule has 1 unspecified atom stereocenters. The predicted molar refractivity (Wildman–Crippen MR) is 58.0 cm³/mol. The summed E-state index contributed by atoms with van der Waals surface area (Å²) in [5.74, 6) is 1.45. The van der Waals surface area contributed by atoms with Gasteiger partial charge in [0.2, 0.25) is 0 Å². The van der Waals surface area contributed by atoms with Crippen LogP contribution in [0.5, 0.6) is 0 Å². The molecule has 0 aromatic carbocycles. The van der Waals surface area contributed by atoms with E-state index in [1.807, 2.05) is 6.92 Å². The fraction of sp³-hybridized carbons (Fsp3) is 0.900. The van der Waals surface area contributed by atoms with E-state index in [4.69, 9.17) is 4.74 Å². The molecule has 0 amide bonds. The Labute approximate surface area is 85.4 Å². The van der Waals surface area contributed by atoms with E-state index in [0.717, 1.165) is 12.2 Å². The number of hydrogen-bond acceptors (Lipinski definition) is 3. The SMILES string of the molecule is CCOC(=O)C(CCSC)C(C)C. The van der Waals surface area contributed by atoms with Gasteiger partial charge < -0.3 is 4.74 Å². The maximum Gasteiger partial charge on any atom is 0.309 e. The molecule has 0 aliphatic carbocycles. The highest BCUT2D eigenvalue weighted by molar-refractivity contribution is 7.98. The number of hydrogen-bond donors (Lipinski definition) is 0. The summed E-state index contributed by atoms with van der Waals surface area (Å²) in [6.07, 6.45) is 2.99. The molecule has 1 atom stereocenters. The Morgan fingerprint density at radius 2 is 2.08 bits per heavy atom. The van der Waals surface area contributed by atoms with Crippen molar-refractivity contribution in [2.24, 2.45) is 11.8 Å². The summed E-state index contributed by atoms with van der Waals surface area (Å²) < 4.78 is 5.01. The quantitative estimate of drug-likeness (QED) is 0.622. The molecule has 0 aromatic rings. The third kappa shape index (κ3) is 5.19. The average molecular weight is 204 g/mol. The van der Waals surface area contributed by atoms with Gasteiger partial charge in [-0.25, -0.2) is 0 Å². The molecule has 0 radical (unpaired) electrons. The number of ether oxygens (including phenoxy) is 1. The van der Waals surface area contributed by atoms with Gasteiger partial charge in [0.15, 0.2) is 0 Å². The van der Waals surface area contributed by atoms with Crippen molar-refractivity contribution in [3.63, 3.8) is 0 Å². The minimum atomic E-state index is -0.0356. The normalized spacial score (nSPS) is 13.0. The second kappa shape index (κ2) is 7.25. The van der Waals surface area contributed by atoms with Crippen LogP contribution < -0.4 is 0 Å². The highest BCUT2D eigenvalue weighted by Gasteiger charge is 2.22. The topological polar surface area (TPSA) is 26.3 Å². The summed E-state index contributed by atoms with van der Waals surface area (Å²) in [5.41, 5.74) is 0. The van der Waals surface area contributed by atoms with Gasteiger partial charge in [0.05, 0.1) is 12.5 Å². The predicted octanol–water partition coefficient (Wildman–Crippen LogP) is 2.57. The van der Waals surface area contributed by atoms with Crippen LogP contribution in [0.2, 0.25) is 0 Å². The van der Waals surface area contributed by atoms with Crippen molar-refractivity contribution in [3.05, 3.63) is 0 Å². The summed E-state index contributed by atoms with van der Waals surface area (Å²) in [5, 5.41) is 0. The summed E-state index contributed by atoms with van der Waals surface area (Å²) in [7, 11) is 0. The molecule has 78 valence electrons. The third-order valence-electron chi connectivity index (χ3n) is 2.03. The molecule has 13 heavy (non-hydrogen) atoms. The van der Waals surface area contributed by atoms with Crippen molar-refractivity contribution < 1.29 is 9.53 Å². The first-order valence-corrected chi connectivity index (χ1v) is 6.18. The van der Waals surface area contributed by atoms with Crippen molar-refractivity contribution in [1.29, 1.82) is 0 Å². The van der Waals surface area contributed by atoms with Crippen LogP contribution in [0, 0.1) is 11.8 Å². The van der Waals surface area contributed by atoms with E-state index in [2.05, 4.69) is 20.1 Å². The van der Waals surface area contributed by atoms with Crippen molar-refractivity contribution in [3.8, 4) is 0 Å². The Kier molecular flexibility index (Phi) is 7.14. The minimum Gasteiger partial charge on any atom is -0.466 e. The Morgan fingerprint density at radius 1 is 1.46 bits per heavy atom. The van der Waals surface area contributed by atoms with Gasteiger partial charge in [0, 0.05) is 0 Å². The van der Waals surface area contributed by atoms with Crippen molar-refractivity contribution >= 4 is 17.7 Å². The summed E-state index contributed by atoms with van der Waals surface area (Å²) in [4.78, 5) is 11.5. The van der Waals surface area contributed by atoms with Gasteiger partial charge in [-0.2, -0.15) is 11.8 Å². The van der Waals surface area contributed by atoms with Gasteiger partial charge in [-0.3, -0.25) is 4.79 Å². The number of carbonyl (C=O) groups is 1. The lowest BCUT2D eigenvalue weighted by atomic mass is 9.93. The highest BCUT2D eigenvalue weighted by Crippen LogP contribution is 2.18. The summed E-state index contributed by atoms with van der Waals surface area (Å²) in [6, 6.07) is 0. The van der Waals surface area contributed by atoms with Crippen LogP contribution in [0.1, 0.15) is 27.2 Å². The van der Waals surface area contributed by atoms with Crippen LogP contribution >= 0.6 is 11.8 Å². The Morgan fingerprint density at radius 3 is 2.46 bits per heavy atom. The molecule has 0 N–H and O–H groups in total. The van der Waals surface area contributed by atoms with E-state index >= 15 is 0 Å². The first-order chi connectivity index (χ1) is 6.13. The molecular weight excluding hydrogens is 184 g/mol. The molecule has 0 aliphatic heterocycles. The smallest absolute Gasteiger partial charge is 0.309 e. The summed E-state index contributed by atoms with van der Waals surface area (Å²) in [6.45, 7) is 6.48. The fourth-order valence-electron chi connectivity index (χ4n) is 1.22. The first-order valence-electron chi connectivity index (χ1n) is 4.79. The van der Waals surface area contributed by atoms with E-state index in [9.17, 15) is 4.79 Å². The van der Waals surface area contributed by atoms with Crippen LogP contribution in [-0.4, -0.2) is 24.6 Å². The van der Waals surface area contributed by atoms with Gasteiger partial charge in [0.25, 0.3) is 0 Å². The number of thioether (sulfide) groups is 1. The van der Waals surface area contributed by atoms with Gasteiger partial charge in [-0.05, 0) is 31.3 Å². The molecule has 0 rings (SSSR count). The lowest BCUT2D eigenvalue weighted by molar-refractivity contribution is -0.149.